The molecule has 4 aliphatic rings. The monoisotopic (exact) mass is 268 g/mol. The Morgan fingerprint density at radius 2 is 1.50 bits per heavy atom. The normalized spacial score (nSPS) is 38.7. The third-order valence-corrected chi connectivity index (χ3v) is 5.83. The number of anilines is 2. The van der Waals surface area contributed by atoms with E-state index in [0.717, 1.165) is 17.8 Å². The Morgan fingerprint density at radius 3 is 2.05 bits per heavy atom. The quantitative estimate of drug-likeness (QED) is 0.794. The lowest BCUT2D eigenvalue weighted by Gasteiger charge is -2.55. The van der Waals surface area contributed by atoms with E-state index in [-0.39, 0.29) is 0 Å². The lowest BCUT2D eigenvalue weighted by atomic mass is 9.49. The van der Waals surface area contributed by atoms with Crippen molar-refractivity contribution in [2.75, 3.05) is 11.5 Å². The predicted molar refractivity (Wildman–Crippen MR) is 84.9 cm³/mol. The molecule has 0 unspecified atom stereocenters. The van der Waals surface area contributed by atoms with Gasteiger partial charge in [-0.1, -0.05) is 18.2 Å². The van der Waals surface area contributed by atoms with Crippen LogP contribution >= 0.6 is 0 Å². The van der Waals surface area contributed by atoms with Crippen molar-refractivity contribution in [3.63, 3.8) is 0 Å². The fraction of sp³-hybridized carbons (Fsp3) is 0.556. The summed E-state index contributed by atoms with van der Waals surface area (Å²) in [7, 11) is 0. The number of benzene rings is 1. The summed E-state index contributed by atoms with van der Waals surface area (Å²) < 4.78 is 0. The summed E-state index contributed by atoms with van der Waals surface area (Å²) in [4.78, 5) is 0. The van der Waals surface area contributed by atoms with Crippen molar-refractivity contribution in [2.45, 2.75) is 38.5 Å². The fourth-order valence-corrected chi connectivity index (χ4v) is 5.35. The van der Waals surface area contributed by atoms with E-state index in [1.807, 2.05) is 12.1 Å². The van der Waals surface area contributed by atoms with Crippen LogP contribution in [-0.4, -0.2) is 0 Å². The summed E-state index contributed by atoms with van der Waals surface area (Å²) in [6, 6.07) is 5.98. The molecule has 0 aliphatic heterocycles. The van der Waals surface area contributed by atoms with Crippen molar-refractivity contribution in [3.8, 4) is 0 Å². The number of nitrogen functional groups attached to an aromatic ring is 2. The van der Waals surface area contributed by atoms with Gasteiger partial charge in [0.05, 0.1) is 11.4 Å². The molecule has 4 N–H and O–H groups in total. The van der Waals surface area contributed by atoms with Gasteiger partial charge in [-0.15, -0.1) is 0 Å². The van der Waals surface area contributed by atoms with Crippen LogP contribution in [-0.2, 0) is 0 Å². The molecule has 1 aromatic rings. The molecule has 2 heteroatoms. The summed E-state index contributed by atoms with van der Waals surface area (Å²) in [5.74, 6) is 3.01. The maximum Gasteiger partial charge on any atom is 0.0553 e. The van der Waals surface area contributed by atoms with Crippen LogP contribution in [0.5, 0.6) is 0 Å². The summed E-state index contributed by atoms with van der Waals surface area (Å²) in [6.07, 6.45) is 13.5. The number of rotatable bonds is 2. The van der Waals surface area contributed by atoms with Gasteiger partial charge in [-0.2, -0.15) is 0 Å². The van der Waals surface area contributed by atoms with Crippen LogP contribution in [0.15, 0.2) is 24.3 Å². The minimum atomic E-state index is 0.491. The molecule has 5 rings (SSSR count). The van der Waals surface area contributed by atoms with E-state index >= 15 is 0 Å². The largest absolute Gasteiger partial charge is 0.397 e. The standard InChI is InChI=1S/C18H24N2/c19-16-2-1-12(8-17(16)20)3-4-18-9-13-5-14(10-18)7-15(6-13)11-18/h1-4,8,13-15H,5-7,9-11,19-20H2/b4-3+. The molecular formula is C18H24N2. The van der Waals surface area contributed by atoms with Crippen molar-refractivity contribution < 1.29 is 0 Å². The molecule has 0 amide bonds. The van der Waals surface area contributed by atoms with Gasteiger partial charge < -0.3 is 11.5 Å². The predicted octanol–water partition coefficient (Wildman–Crippen LogP) is 4.08. The van der Waals surface area contributed by atoms with Crippen LogP contribution in [0.3, 0.4) is 0 Å². The Labute approximate surface area is 121 Å². The maximum atomic E-state index is 5.90. The topological polar surface area (TPSA) is 52.0 Å². The smallest absolute Gasteiger partial charge is 0.0553 e. The summed E-state index contributed by atoms with van der Waals surface area (Å²) >= 11 is 0. The van der Waals surface area contributed by atoms with Gasteiger partial charge in [-0.3, -0.25) is 0 Å². The second kappa shape index (κ2) is 4.28. The van der Waals surface area contributed by atoms with Gasteiger partial charge in [0.2, 0.25) is 0 Å². The zero-order valence-electron chi connectivity index (χ0n) is 12.0. The molecule has 4 bridgehead atoms. The van der Waals surface area contributed by atoms with E-state index < -0.39 is 0 Å². The Bertz CT molecular complexity index is 523. The molecule has 0 saturated heterocycles. The third kappa shape index (κ3) is 2.02. The first-order valence-corrected chi connectivity index (χ1v) is 7.96. The molecule has 0 aromatic heterocycles. The van der Waals surface area contributed by atoms with Crippen molar-refractivity contribution in [2.24, 2.45) is 23.2 Å². The molecule has 106 valence electrons. The number of nitrogens with two attached hydrogens (primary N) is 2. The van der Waals surface area contributed by atoms with Gasteiger partial charge >= 0.3 is 0 Å². The molecule has 0 spiro atoms. The Kier molecular flexibility index (Phi) is 2.63. The highest BCUT2D eigenvalue weighted by Gasteiger charge is 2.49. The number of hydrogen-bond donors (Lipinski definition) is 2. The van der Waals surface area contributed by atoms with E-state index in [4.69, 9.17) is 11.5 Å². The molecule has 4 fully saturated rings. The summed E-state index contributed by atoms with van der Waals surface area (Å²) in [5, 5.41) is 0. The molecular weight excluding hydrogens is 244 g/mol. The summed E-state index contributed by atoms with van der Waals surface area (Å²) in [5.41, 5.74) is 14.7. The van der Waals surface area contributed by atoms with Crippen molar-refractivity contribution >= 4 is 17.5 Å². The number of hydrogen-bond acceptors (Lipinski definition) is 2. The Morgan fingerprint density at radius 1 is 0.900 bits per heavy atom. The lowest BCUT2D eigenvalue weighted by Crippen LogP contribution is -2.44. The van der Waals surface area contributed by atoms with E-state index in [1.54, 1.807) is 0 Å². The van der Waals surface area contributed by atoms with Crippen molar-refractivity contribution in [1.29, 1.82) is 0 Å². The second-order valence-electron chi connectivity index (χ2n) is 7.50. The molecule has 1 aromatic carbocycles. The Hall–Kier alpha value is -1.44. The highest BCUT2D eigenvalue weighted by Crippen LogP contribution is 2.60. The van der Waals surface area contributed by atoms with Crippen LogP contribution in [0.2, 0.25) is 0 Å². The minimum Gasteiger partial charge on any atom is -0.397 e. The first-order chi connectivity index (χ1) is 9.62. The maximum absolute atomic E-state index is 5.90. The molecule has 0 radical (unpaired) electrons. The van der Waals surface area contributed by atoms with Gasteiger partial charge in [-0.25, -0.2) is 0 Å². The average molecular weight is 268 g/mol. The highest BCUT2D eigenvalue weighted by atomic mass is 14.7. The second-order valence-corrected chi connectivity index (χ2v) is 7.50. The molecule has 4 aliphatic carbocycles. The van der Waals surface area contributed by atoms with Crippen molar-refractivity contribution in [3.05, 3.63) is 29.8 Å². The molecule has 0 heterocycles. The van der Waals surface area contributed by atoms with Gasteiger partial charge in [0.1, 0.15) is 0 Å². The Balaban J connectivity index is 1.58. The minimum absolute atomic E-state index is 0.491. The van der Waals surface area contributed by atoms with Crippen LogP contribution in [0.4, 0.5) is 11.4 Å². The fourth-order valence-electron chi connectivity index (χ4n) is 5.35. The number of allylic oxidation sites excluding steroid dienone is 1. The third-order valence-electron chi connectivity index (χ3n) is 5.83. The van der Waals surface area contributed by atoms with Crippen molar-refractivity contribution in [1.82, 2.24) is 0 Å². The lowest BCUT2D eigenvalue weighted by molar-refractivity contribution is -0.0232. The van der Waals surface area contributed by atoms with Crippen LogP contribution < -0.4 is 11.5 Å². The first kappa shape index (κ1) is 12.3. The van der Waals surface area contributed by atoms with Crippen LogP contribution in [0, 0.1) is 23.2 Å². The highest BCUT2D eigenvalue weighted by molar-refractivity contribution is 5.68. The van der Waals surface area contributed by atoms with Crippen LogP contribution in [0.1, 0.15) is 44.1 Å². The molecule has 4 saturated carbocycles. The summed E-state index contributed by atoms with van der Waals surface area (Å²) in [6.45, 7) is 0. The van der Waals surface area contributed by atoms with Gasteiger partial charge in [-0.05, 0) is 79.4 Å². The van der Waals surface area contributed by atoms with E-state index in [2.05, 4.69) is 18.2 Å². The van der Waals surface area contributed by atoms with Gasteiger partial charge in [0.15, 0.2) is 0 Å². The van der Waals surface area contributed by atoms with E-state index in [1.165, 1.54) is 44.1 Å². The van der Waals surface area contributed by atoms with E-state index in [0.29, 0.717) is 16.8 Å². The first-order valence-electron chi connectivity index (χ1n) is 7.96. The van der Waals surface area contributed by atoms with Gasteiger partial charge in [0.25, 0.3) is 0 Å². The average Bonchev–Trinajstić information content (AvgIpc) is 2.39. The zero-order chi connectivity index (χ0) is 13.7. The molecule has 2 nitrogen and oxygen atoms in total. The van der Waals surface area contributed by atoms with Gasteiger partial charge in [0, 0.05) is 0 Å². The van der Waals surface area contributed by atoms with Crippen LogP contribution in [0.25, 0.3) is 6.08 Å². The SMILES string of the molecule is Nc1ccc(/C=C/C23CC4CC(CC(C4)C2)C3)cc1N. The van der Waals surface area contributed by atoms with E-state index in [9.17, 15) is 0 Å². The zero-order valence-corrected chi connectivity index (χ0v) is 12.0. The molecule has 0 atom stereocenters. The molecule has 20 heavy (non-hydrogen) atoms.